The van der Waals surface area contributed by atoms with E-state index in [9.17, 15) is 14.0 Å². The molecule has 0 radical (unpaired) electrons. The lowest BCUT2D eigenvalue weighted by atomic mass is 9.94. The van der Waals surface area contributed by atoms with Crippen LogP contribution in [0, 0.1) is 11.2 Å². The van der Waals surface area contributed by atoms with Gasteiger partial charge < -0.3 is 9.47 Å². The van der Waals surface area contributed by atoms with Crippen molar-refractivity contribution in [3.63, 3.8) is 0 Å². The minimum atomic E-state index is -1.55. The van der Waals surface area contributed by atoms with Crippen LogP contribution in [0.1, 0.15) is 72.1 Å². The van der Waals surface area contributed by atoms with E-state index in [1.54, 1.807) is 0 Å². The Bertz CT molecular complexity index is 596. The van der Waals surface area contributed by atoms with Crippen molar-refractivity contribution < 1.29 is 23.5 Å². The van der Waals surface area contributed by atoms with Gasteiger partial charge in [0.1, 0.15) is 0 Å². The minimum Gasteiger partial charge on any atom is -0.465 e. The molecule has 1 aromatic rings. The normalized spacial score (nSPS) is 11.3. The molecule has 0 spiro atoms. The van der Waals surface area contributed by atoms with Crippen molar-refractivity contribution in [2.45, 2.75) is 72.1 Å². The van der Waals surface area contributed by atoms with Crippen molar-refractivity contribution in [3.8, 4) is 5.75 Å². The lowest BCUT2D eigenvalue weighted by Crippen LogP contribution is -2.38. The maximum Gasteiger partial charge on any atom is 0.328 e. The van der Waals surface area contributed by atoms with Crippen LogP contribution in [0.3, 0.4) is 0 Å². The van der Waals surface area contributed by atoms with Gasteiger partial charge in [0.15, 0.2) is 17.0 Å². The van der Waals surface area contributed by atoms with E-state index < -0.39 is 23.2 Å². The van der Waals surface area contributed by atoms with E-state index >= 15 is 0 Å². The summed E-state index contributed by atoms with van der Waals surface area (Å²) in [4.78, 5) is 24.5. The van der Waals surface area contributed by atoms with Crippen LogP contribution in [0.15, 0.2) is 18.2 Å². The van der Waals surface area contributed by atoms with Crippen LogP contribution in [0.5, 0.6) is 5.75 Å². The van der Waals surface area contributed by atoms with E-state index in [0.29, 0.717) is 0 Å². The van der Waals surface area contributed by atoms with Gasteiger partial charge in [-0.05, 0) is 32.4 Å². The highest BCUT2D eigenvalue weighted by molar-refractivity contribution is 6.32. The standard InChI is InChI=1S/C21H30ClFO4/c1-4-5-6-7-8-9-10-11-15-26-19(24)21(2,3)20(25)27-18-16(22)13-12-14-17(18)23/h12-14H,4-11,15H2,1-3H3. The molecule has 152 valence electrons. The number of carbonyl (C=O) groups is 2. The smallest absolute Gasteiger partial charge is 0.328 e. The third-order valence-corrected chi connectivity index (χ3v) is 4.66. The molecule has 4 nitrogen and oxygen atoms in total. The number of ether oxygens (including phenoxy) is 2. The van der Waals surface area contributed by atoms with Gasteiger partial charge in [-0.1, -0.05) is 69.5 Å². The van der Waals surface area contributed by atoms with Crippen LogP contribution in [-0.2, 0) is 14.3 Å². The molecule has 0 unspecified atom stereocenters. The Kier molecular flexibility index (Phi) is 10.4. The van der Waals surface area contributed by atoms with Crippen molar-refractivity contribution in [1.29, 1.82) is 0 Å². The zero-order chi connectivity index (χ0) is 20.3. The maximum atomic E-state index is 13.7. The lowest BCUT2D eigenvalue weighted by Gasteiger charge is -2.21. The van der Waals surface area contributed by atoms with Crippen molar-refractivity contribution in [1.82, 2.24) is 0 Å². The summed E-state index contributed by atoms with van der Waals surface area (Å²) in [5.74, 6) is -2.74. The number of rotatable bonds is 12. The molecule has 0 aliphatic carbocycles. The Morgan fingerprint density at radius 3 is 2.19 bits per heavy atom. The first-order valence-electron chi connectivity index (χ1n) is 9.64. The average Bonchev–Trinajstić information content (AvgIpc) is 2.63. The second-order valence-electron chi connectivity index (χ2n) is 7.18. The second-order valence-corrected chi connectivity index (χ2v) is 7.58. The molecule has 1 aromatic carbocycles. The van der Waals surface area contributed by atoms with Crippen molar-refractivity contribution >= 4 is 23.5 Å². The van der Waals surface area contributed by atoms with Gasteiger partial charge in [-0.2, -0.15) is 0 Å². The number of halogens is 2. The molecule has 0 atom stereocenters. The van der Waals surface area contributed by atoms with Gasteiger partial charge in [-0.25, -0.2) is 4.39 Å². The van der Waals surface area contributed by atoms with Gasteiger partial charge in [-0.3, -0.25) is 9.59 Å². The fraction of sp³-hybridized carbons (Fsp3) is 0.619. The first-order valence-corrected chi connectivity index (χ1v) is 10.0. The van der Waals surface area contributed by atoms with Gasteiger partial charge >= 0.3 is 11.9 Å². The monoisotopic (exact) mass is 400 g/mol. The Hall–Kier alpha value is -1.62. The molecule has 0 fully saturated rings. The first kappa shape index (κ1) is 23.4. The van der Waals surface area contributed by atoms with Gasteiger partial charge in [0.2, 0.25) is 0 Å². The van der Waals surface area contributed by atoms with Crippen LogP contribution < -0.4 is 4.74 Å². The third-order valence-electron chi connectivity index (χ3n) is 4.37. The van der Waals surface area contributed by atoms with Crippen LogP contribution in [-0.4, -0.2) is 18.5 Å². The average molecular weight is 401 g/mol. The molecule has 0 aliphatic heterocycles. The molecule has 1 rings (SSSR count). The molecule has 0 heterocycles. The number of unbranched alkanes of at least 4 members (excludes halogenated alkanes) is 7. The Balaban J connectivity index is 2.37. The predicted molar refractivity (Wildman–Crippen MR) is 104 cm³/mol. The molecule has 27 heavy (non-hydrogen) atoms. The molecule has 0 N–H and O–H groups in total. The Morgan fingerprint density at radius 2 is 1.59 bits per heavy atom. The predicted octanol–water partition coefficient (Wildman–Crippen LogP) is 6.09. The second kappa shape index (κ2) is 12.0. The third kappa shape index (κ3) is 7.87. The highest BCUT2D eigenvalue weighted by Gasteiger charge is 2.40. The van der Waals surface area contributed by atoms with E-state index in [1.807, 2.05) is 0 Å². The van der Waals surface area contributed by atoms with E-state index in [-0.39, 0.29) is 17.4 Å². The quantitative estimate of drug-likeness (QED) is 0.184. The van der Waals surface area contributed by atoms with E-state index in [4.69, 9.17) is 21.1 Å². The van der Waals surface area contributed by atoms with Crippen molar-refractivity contribution in [2.24, 2.45) is 5.41 Å². The fourth-order valence-electron chi connectivity index (χ4n) is 2.46. The first-order chi connectivity index (χ1) is 12.8. The number of esters is 2. The SMILES string of the molecule is CCCCCCCCCCOC(=O)C(C)(C)C(=O)Oc1c(F)cccc1Cl. The molecule has 0 saturated heterocycles. The number of carbonyl (C=O) groups excluding carboxylic acids is 2. The largest absolute Gasteiger partial charge is 0.465 e. The molecular formula is C21H30ClFO4. The maximum absolute atomic E-state index is 13.7. The molecular weight excluding hydrogens is 371 g/mol. The molecule has 0 saturated carbocycles. The number of para-hydroxylation sites is 1. The summed E-state index contributed by atoms with van der Waals surface area (Å²) in [7, 11) is 0. The molecule has 0 aliphatic rings. The van der Waals surface area contributed by atoms with Crippen LogP contribution in [0.4, 0.5) is 4.39 Å². The highest BCUT2D eigenvalue weighted by atomic mass is 35.5. The molecule has 6 heteroatoms. The van der Waals surface area contributed by atoms with Gasteiger partial charge in [0.05, 0.1) is 11.6 Å². The molecule has 0 amide bonds. The van der Waals surface area contributed by atoms with E-state index in [2.05, 4.69) is 6.92 Å². The van der Waals surface area contributed by atoms with Crippen LogP contribution in [0.2, 0.25) is 5.02 Å². The van der Waals surface area contributed by atoms with Crippen LogP contribution >= 0.6 is 11.6 Å². The summed E-state index contributed by atoms with van der Waals surface area (Å²) < 4.78 is 24.0. The summed E-state index contributed by atoms with van der Waals surface area (Å²) in [6.45, 7) is 5.22. The highest BCUT2D eigenvalue weighted by Crippen LogP contribution is 2.30. The Morgan fingerprint density at radius 1 is 1.00 bits per heavy atom. The van der Waals surface area contributed by atoms with Crippen molar-refractivity contribution in [2.75, 3.05) is 6.61 Å². The topological polar surface area (TPSA) is 52.6 Å². The van der Waals surface area contributed by atoms with Gasteiger partial charge in [-0.15, -0.1) is 0 Å². The van der Waals surface area contributed by atoms with Crippen molar-refractivity contribution in [3.05, 3.63) is 29.0 Å². The minimum absolute atomic E-state index is 0.0357. The molecule has 0 bridgehead atoms. The zero-order valence-electron chi connectivity index (χ0n) is 16.5. The van der Waals surface area contributed by atoms with Gasteiger partial charge in [0, 0.05) is 0 Å². The van der Waals surface area contributed by atoms with E-state index in [0.717, 1.165) is 25.3 Å². The van der Waals surface area contributed by atoms with Crippen LogP contribution in [0.25, 0.3) is 0 Å². The van der Waals surface area contributed by atoms with Gasteiger partial charge in [0.25, 0.3) is 0 Å². The Labute approximate surface area is 166 Å². The summed E-state index contributed by atoms with van der Waals surface area (Å²) >= 11 is 5.84. The fourth-order valence-corrected chi connectivity index (χ4v) is 2.67. The summed E-state index contributed by atoms with van der Waals surface area (Å²) in [5.41, 5.74) is -1.55. The summed E-state index contributed by atoms with van der Waals surface area (Å²) in [5, 5.41) is -0.0357. The molecule has 0 aromatic heterocycles. The number of hydrogen-bond donors (Lipinski definition) is 0. The number of benzene rings is 1. The zero-order valence-corrected chi connectivity index (χ0v) is 17.2. The summed E-state index contributed by atoms with van der Waals surface area (Å²) in [6, 6.07) is 3.93. The lowest BCUT2D eigenvalue weighted by molar-refractivity contribution is -0.164. The summed E-state index contributed by atoms with van der Waals surface area (Å²) in [6.07, 6.45) is 9.06. The number of hydrogen-bond acceptors (Lipinski definition) is 4. The van der Waals surface area contributed by atoms with E-state index in [1.165, 1.54) is 58.1 Å².